The van der Waals surface area contributed by atoms with E-state index in [2.05, 4.69) is 40.8 Å². The second kappa shape index (κ2) is 9.50. The Hall–Kier alpha value is -3.23. The zero-order valence-electron chi connectivity index (χ0n) is 18.9. The Balaban J connectivity index is 1.69. The summed E-state index contributed by atoms with van der Waals surface area (Å²) in [6.45, 7) is 5.72. The lowest BCUT2D eigenvalue weighted by Gasteiger charge is -2.40. The molecule has 5 nitrogen and oxygen atoms in total. The first-order valence-electron chi connectivity index (χ1n) is 11.1. The van der Waals surface area contributed by atoms with Crippen LogP contribution in [0, 0.1) is 24.7 Å². The van der Waals surface area contributed by atoms with Crippen LogP contribution in [0.4, 0.5) is 0 Å². The number of H-pyrrole nitrogens is 1. The molecule has 1 fully saturated rings. The van der Waals surface area contributed by atoms with Gasteiger partial charge in [-0.05, 0) is 74.5 Å². The molecule has 1 saturated heterocycles. The molecule has 0 spiro atoms. The number of nitrogens with one attached hydrogen (secondary N) is 1. The molecule has 2 heterocycles. The van der Waals surface area contributed by atoms with Crippen LogP contribution in [0.5, 0.6) is 5.75 Å². The number of piperidine rings is 1. The van der Waals surface area contributed by atoms with Gasteiger partial charge in [0.1, 0.15) is 5.75 Å². The molecule has 3 aromatic rings. The number of carboxylic acid groups (broad SMARTS) is 1. The lowest BCUT2D eigenvalue weighted by atomic mass is 9.84. The van der Waals surface area contributed by atoms with Crippen molar-refractivity contribution in [3.8, 4) is 17.6 Å². The number of aromatic nitrogens is 1. The molecule has 2 atom stereocenters. The molecule has 5 heteroatoms. The Labute approximate surface area is 189 Å². The number of benzene rings is 2. The second-order valence-electron chi connectivity index (χ2n) is 8.58. The van der Waals surface area contributed by atoms with E-state index in [1.807, 2.05) is 25.3 Å². The van der Waals surface area contributed by atoms with Gasteiger partial charge in [-0.25, -0.2) is 4.79 Å². The van der Waals surface area contributed by atoms with Gasteiger partial charge in [0, 0.05) is 41.7 Å². The van der Waals surface area contributed by atoms with Crippen molar-refractivity contribution < 1.29 is 14.6 Å². The second-order valence-corrected chi connectivity index (χ2v) is 8.58. The highest BCUT2D eigenvalue weighted by atomic mass is 16.5. The molecule has 0 saturated carbocycles. The molecule has 2 aromatic carbocycles. The highest BCUT2D eigenvalue weighted by molar-refractivity contribution is 5.88. The average molecular weight is 431 g/mol. The van der Waals surface area contributed by atoms with E-state index in [9.17, 15) is 9.90 Å². The minimum absolute atomic E-state index is 0.204. The third-order valence-corrected chi connectivity index (χ3v) is 6.62. The smallest absolute Gasteiger partial charge is 0.335 e. The van der Waals surface area contributed by atoms with Crippen molar-refractivity contribution in [1.29, 1.82) is 0 Å². The van der Waals surface area contributed by atoms with E-state index in [1.54, 1.807) is 19.2 Å². The molecule has 2 N–H and O–H groups in total. The molecule has 0 amide bonds. The number of aryl methyl sites for hydroxylation is 1. The maximum atomic E-state index is 11.3. The summed E-state index contributed by atoms with van der Waals surface area (Å²) in [7, 11) is 1.73. The molecule has 1 aliphatic rings. The van der Waals surface area contributed by atoms with E-state index < -0.39 is 5.97 Å². The summed E-state index contributed by atoms with van der Waals surface area (Å²) in [5.41, 5.74) is 4.98. The van der Waals surface area contributed by atoms with Crippen LogP contribution in [0.25, 0.3) is 10.9 Å². The van der Waals surface area contributed by atoms with Crippen molar-refractivity contribution in [2.75, 3.05) is 13.7 Å². The number of methoxy groups -OCH3 is 1. The molecule has 1 aliphatic heterocycles. The first-order chi connectivity index (χ1) is 15.5. The fourth-order valence-corrected chi connectivity index (χ4v) is 4.89. The standard InChI is InChI=1S/C27H30N2O3/c1-4-5-6-19-12-14-29(24(16-19)20-7-9-21(10-8-20)27(30)31)17-23-22-11-13-28-26(22)18(2)15-25(23)32-3/h7-11,13,15,19,24,28H,6,12,14,16-17H2,1-3H3,(H,30,31)/t19?,24-/m0/s1. The average Bonchev–Trinajstić information content (AvgIpc) is 3.30. The van der Waals surface area contributed by atoms with Crippen LogP contribution >= 0.6 is 0 Å². The summed E-state index contributed by atoms with van der Waals surface area (Å²) in [6, 6.07) is 11.8. The first kappa shape index (κ1) is 22.0. The number of likely N-dealkylation sites (tertiary alicyclic amines) is 1. The predicted octanol–water partition coefficient (Wildman–Crippen LogP) is 5.55. The van der Waals surface area contributed by atoms with Crippen molar-refractivity contribution in [3.05, 3.63) is 64.8 Å². The van der Waals surface area contributed by atoms with Crippen LogP contribution in [-0.4, -0.2) is 34.6 Å². The molecule has 32 heavy (non-hydrogen) atoms. The van der Waals surface area contributed by atoms with Crippen LogP contribution in [0.3, 0.4) is 0 Å². The summed E-state index contributed by atoms with van der Waals surface area (Å²) in [5.74, 6) is 6.83. The van der Waals surface area contributed by atoms with Crippen molar-refractivity contribution in [3.63, 3.8) is 0 Å². The predicted molar refractivity (Wildman–Crippen MR) is 127 cm³/mol. The number of ether oxygens (including phenoxy) is 1. The number of rotatable bonds is 6. The molecule has 0 bridgehead atoms. The monoisotopic (exact) mass is 430 g/mol. The van der Waals surface area contributed by atoms with Gasteiger partial charge in [0.25, 0.3) is 0 Å². The van der Waals surface area contributed by atoms with Gasteiger partial charge in [0.05, 0.1) is 12.7 Å². The molecule has 0 aliphatic carbocycles. The van der Waals surface area contributed by atoms with Gasteiger partial charge in [-0.1, -0.05) is 12.1 Å². The maximum Gasteiger partial charge on any atom is 0.335 e. The number of carbonyl (C=O) groups is 1. The van der Waals surface area contributed by atoms with Crippen molar-refractivity contribution in [1.82, 2.24) is 9.88 Å². The first-order valence-corrected chi connectivity index (χ1v) is 11.1. The van der Waals surface area contributed by atoms with Crippen molar-refractivity contribution >= 4 is 16.9 Å². The Bertz CT molecular complexity index is 1170. The van der Waals surface area contributed by atoms with E-state index in [1.165, 1.54) is 16.5 Å². The van der Waals surface area contributed by atoms with E-state index >= 15 is 0 Å². The van der Waals surface area contributed by atoms with Crippen LogP contribution in [0.1, 0.15) is 59.3 Å². The van der Waals surface area contributed by atoms with E-state index in [0.717, 1.165) is 49.2 Å². The maximum absolute atomic E-state index is 11.3. The van der Waals surface area contributed by atoms with Gasteiger partial charge in [0.15, 0.2) is 0 Å². The molecule has 0 radical (unpaired) electrons. The molecule has 4 rings (SSSR count). The Kier molecular flexibility index (Phi) is 6.53. The Morgan fingerprint density at radius 3 is 2.75 bits per heavy atom. The number of carboxylic acids is 1. The number of nitrogens with zero attached hydrogens (tertiary/aromatic N) is 1. The lowest BCUT2D eigenvalue weighted by molar-refractivity contribution is 0.0696. The van der Waals surface area contributed by atoms with E-state index in [4.69, 9.17) is 4.74 Å². The van der Waals surface area contributed by atoms with E-state index in [-0.39, 0.29) is 6.04 Å². The van der Waals surface area contributed by atoms with Crippen LogP contribution < -0.4 is 4.74 Å². The summed E-state index contributed by atoms with van der Waals surface area (Å²) in [5, 5.41) is 10.5. The fourth-order valence-electron chi connectivity index (χ4n) is 4.89. The number of hydrogen-bond acceptors (Lipinski definition) is 3. The zero-order chi connectivity index (χ0) is 22.7. The lowest BCUT2D eigenvalue weighted by Crippen LogP contribution is -2.36. The topological polar surface area (TPSA) is 65.6 Å². The van der Waals surface area contributed by atoms with Gasteiger partial charge < -0.3 is 14.8 Å². The summed E-state index contributed by atoms with van der Waals surface area (Å²) < 4.78 is 5.78. The summed E-state index contributed by atoms with van der Waals surface area (Å²) in [6.07, 6.45) is 5.00. The number of fused-ring (bicyclic) bond motifs is 1. The number of hydrogen-bond donors (Lipinski definition) is 2. The third-order valence-electron chi connectivity index (χ3n) is 6.62. The minimum Gasteiger partial charge on any atom is -0.496 e. The van der Waals surface area contributed by atoms with Gasteiger partial charge in [0.2, 0.25) is 0 Å². The highest BCUT2D eigenvalue weighted by Gasteiger charge is 2.30. The quantitative estimate of drug-likeness (QED) is 0.503. The molecular weight excluding hydrogens is 400 g/mol. The molecular formula is C27H30N2O3. The minimum atomic E-state index is -0.896. The largest absolute Gasteiger partial charge is 0.496 e. The Morgan fingerprint density at radius 2 is 2.06 bits per heavy atom. The molecule has 166 valence electrons. The fraction of sp³-hybridized carbons (Fsp3) is 0.370. The highest BCUT2D eigenvalue weighted by Crippen LogP contribution is 2.39. The van der Waals surface area contributed by atoms with Gasteiger partial charge in [-0.15, -0.1) is 11.8 Å². The van der Waals surface area contributed by atoms with Crippen LogP contribution in [-0.2, 0) is 6.54 Å². The van der Waals surface area contributed by atoms with Gasteiger partial charge in [-0.3, -0.25) is 4.90 Å². The number of aromatic carboxylic acids is 1. The molecule has 1 aromatic heterocycles. The number of aromatic amines is 1. The Morgan fingerprint density at radius 1 is 1.28 bits per heavy atom. The third kappa shape index (κ3) is 4.37. The van der Waals surface area contributed by atoms with Crippen molar-refractivity contribution in [2.45, 2.75) is 45.7 Å². The van der Waals surface area contributed by atoms with Gasteiger partial charge >= 0.3 is 5.97 Å². The molecule has 1 unspecified atom stereocenters. The van der Waals surface area contributed by atoms with E-state index in [0.29, 0.717) is 11.5 Å². The van der Waals surface area contributed by atoms with Crippen LogP contribution in [0.15, 0.2) is 42.6 Å². The summed E-state index contributed by atoms with van der Waals surface area (Å²) in [4.78, 5) is 17.2. The SMILES string of the molecule is CC#CCC1CCN(Cc2c(OC)cc(C)c3[nH]ccc23)[C@H](c2ccc(C(=O)O)cc2)C1. The van der Waals surface area contributed by atoms with Crippen LogP contribution in [0.2, 0.25) is 0 Å². The normalized spacial score (nSPS) is 18.8. The van der Waals surface area contributed by atoms with Crippen molar-refractivity contribution in [2.24, 2.45) is 5.92 Å². The zero-order valence-corrected chi connectivity index (χ0v) is 18.9. The summed E-state index contributed by atoms with van der Waals surface area (Å²) >= 11 is 0. The van der Waals surface area contributed by atoms with Gasteiger partial charge in [-0.2, -0.15) is 0 Å².